The van der Waals surface area contributed by atoms with Crippen molar-refractivity contribution >= 4 is 34.5 Å². The van der Waals surface area contributed by atoms with Gasteiger partial charge >= 0.3 is 0 Å². The third-order valence-electron chi connectivity index (χ3n) is 4.81. The maximum absolute atomic E-state index is 13.4. The number of aromatic amines is 1. The Morgan fingerprint density at radius 1 is 1.17 bits per heavy atom. The van der Waals surface area contributed by atoms with Crippen LogP contribution in [0.4, 0.5) is 4.39 Å². The lowest BCUT2D eigenvalue weighted by atomic mass is 10.2. The summed E-state index contributed by atoms with van der Waals surface area (Å²) in [5, 5.41) is 1.14. The van der Waals surface area contributed by atoms with Gasteiger partial charge in [0.05, 0.1) is 0 Å². The SMILES string of the molecule is O=c1[nH]c(SCc2cccc(F)c2)nc2c1nc(-c1ccc(Cl)cc1)n2C1CC1. The van der Waals surface area contributed by atoms with Crippen LogP contribution in [0.2, 0.25) is 5.02 Å². The van der Waals surface area contributed by atoms with E-state index in [1.165, 1.54) is 23.9 Å². The second-order valence-corrected chi connectivity index (χ2v) is 8.41. The summed E-state index contributed by atoms with van der Waals surface area (Å²) in [5.74, 6) is 0.956. The normalized spacial score (nSPS) is 13.9. The fourth-order valence-corrected chi connectivity index (χ4v) is 4.22. The highest BCUT2D eigenvalue weighted by atomic mass is 35.5. The molecule has 8 heteroatoms. The Balaban J connectivity index is 1.56. The smallest absolute Gasteiger partial charge is 0.279 e. The molecule has 2 heterocycles. The van der Waals surface area contributed by atoms with E-state index in [1.54, 1.807) is 6.07 Å². The van der Waals surface area contributed by atoms with E-state index in [4.69, 9.17) is 11.6 Å². The number of nitrogens with one attached hydrogen (secondary N) is 1. The number of benzene rings is 2. The van der Waals surface area contributed by atoms with Gasteiger partial charge < -0.3 is 4.57 Å². The summed E-state index contributed by atoms with van der Waals surface area (Å²) in [6.07, 6.45) is 2.07. The highest BCUT2D eigenvalue weighted by Crippen LogP contribution is 2.40. The van der Waals surface area contributed by atoms with Crippen molar-refractivity contribution in [2.75, 3.05) is 0 Å². The molecule has 1 aliphatic rings. The molecular weight excluding hydrogens is 411 g/mol. The fourth-order valence-electron chi connectivity index (χ4n) is 3.29. The van der Waals surface area contributed by atoms with Crippen molar-refractivity contribution in [2.24, 2.45) is 0 Å². The second-order valence-electron chi connectivity index (χ2n) is 7.01. The Morgan fingerprint density at radius 2 is 1.97 bits per heavy atom. The Morgan fingerprint density at radius 3 is 2.69 bits per heavy atom. The predicted octanol–water partition coefficient (Wildman–Crippen LogP) is 5.21. The summed E-state index contributed by atoms with van der Waals surface area (Å²) in [7, 11) is 0. The zero-order chi connectivity index (χ0) is 20.0. The molecule has 0 bridgehead atoms. The van der Waals surface area contributed by atoms with E-state index in [2.05, 4.69) is 19.5 Å². The number of nitrogens with zero attached hydrogens (tertiary/aromatic N) is 3. The van der Waals surface area contributed by atoms with Crippen LogP contribution in [-0.4, -0.2) is 19.5 Å². The van der Waals surface area contributed by atoms with E-state index in [-0.39, 0.29) is 11.4 Å². The van der Waals surface area contributed by atoms with Crippen molar-refractivity contribution in [3.63, 3.8) is 0 Å². The van der Waals surface area contributed by atoms with Crippen LogP contribution in [-0.2, 0) is 5.75 Å². The lowest BCUT2D eigenvalue weighted by molar-refractivity contribution is 0.626. The third kappa shape index (κ3) is 3.68. The average molecular weight is 427 g/mol. The van der Waals surface area contributed by atoms with Crippen LogP contribution in [0.15, 0.2) is 58.5 Å². The van der Waals surface area contributed by atoms with Gasteiger partial charge in [-0.15, -0.1) is 0 Å². The van der Waals surface area contributed by atoms with E-state index >= 15 is 0 Å². The number of rotatable bonds is 5. The van der Waals surface area contributed by atoms with E-state index in [9.17, 15) is 9.18 Å². The minimum atomic E-state index is -0.278. The molecule has 0 radical (unpaired) electrons. The molecule has 0 unspecified atom stereocenters. The number of hydrogen-bond acceptors (Lipinski definition) is 4. The van der Waals surface area contributed by atoms with Crippen LogP contribution in [0, 0.1) is 5.82 Å². The van der Waals surface area contributed by atoms with Crippen molar-refractivity contribution in [2.45, 2.75) is 29.8 Å². The van der Waals surface area contributed by atoms with E-state index in [0.717, 1.165) is 29.8 Å². The van der Waals surface area contributed by atoms with Gasteiger partial charge in [0.15, 0.2) is 16.3 Å². The quantitative estimate of drug-likeness (QED) is 0.351. The second kappa shape index (κ2) is 7.31. The molecule has 1 fully saturated rings. The maximum atomic E-state index is 13.4. The number of thioether (sulfide) groups is 1. The number of imidazole rings is 1. The van der Waals surface area contributed by atoms with Crippen molar-refractivity contribution in [1.82, 2.24) is 19.5 Å². The molecule has 2 aromatic heterocycles. The molecule has 146 valence electrons. The monoisotopic (exact) mass is 426 g/mol. The van der Waals surface area contributed by atoms with Gasteiger partial charge in [-0.1, -0.05) is 35.5 Å². The van der Waals surface area contributed by atoms with E-state index in [0.29, 0.717) is 33.1 Å². The van der Waals surface area contributed by atoms with Crippen LogP contribution in [0.25, 0.3) is 22.6 Å². The molecule has 1 N–H and O–H groups in total. The average Bonchev–Trinajstić information content (AvgIpc) is 3.47. The summed E-state index contributed by atoms with van der Waals surface area (Å²) >= 11 is 7.38. The van der Waals surface area contributed by atoms with Gasteiger partial charge in [0.2, 0.25) is 0 Å². The van der Waals surface area contributed by atoms with Crippen LogP contribution in [0.3, 0.4) is 0 Å². The Hall–Kier alpha value is -2.64. The van der Waals surface area contributed by atoms with E-state index in [1.807, 2.05) is 30.3 Å². The third-order valence-corrected chi connectivity index (χ3v) is 6.00. The van der Waals surface area contributed by atoms with Crippen LogP contribution < -0.4 is 5.56 Å². The maximum Gasteiger partial charge on any atom is 0.279 e. The van der Waals surface area contributed by atoms with Gasteiger partial charge in [-0.05, 0) is 54.8 Å². The molecule has 0 aliphatic heterocycles. The zero-order valence-electron chi connectivity index (χ0n) is 15.2. The molecule has 0 amide bonds. The van der Waals surface area contributed by atoms with Gasteiger partial charge in [-0.25, -0.2) is 14.4 Å². The summed E-state index contributed by atoms with van der Waals surface area (Å²) in [5.41, 5.74) is 2.37. The fraction of sp³-hybridized carbons (Fsp3) is 0.190. The molecule has 1 aliphatic carbocycles. The van der Waals surface area contributed by atoms with Crippen molar-refractivity contribution in [1.29, 1.82) is 0 Å². The highest BCUT2D eigenvalue weighted by Gasteiger charge is 2.30. The molecule has 5 rings (SSSR count). The molecule has 0 saturated heterocycles. The molecule has 1 saturated carbocycles. The largest absolute Gasteiger partial charge is 0.305 e. The van der Waals surface area contributed by atoms with Crippen molar-refractivity contribution < 1.29 is 4.39 Å². The van der Waals surface area contributed by atoms with E-state index < -0.39 is 0 Å². The number of fused-ring (bicyclic) bond motifs is 1. The van der Waals surface area contributed by atoms with Crippen LogP contribution in [0.1, 0.15) is 24.4 Å². The number of hydrogen-bond donors (Lipinski definition) is 1. The molecule has 5 nitrogen and oxygen atoms in total. The summed E-state index contributed by atoms with van der Waals surface area (Å²) < 4.78 is 15.5. The standard InChI is InChI=1S/C21H16ClFN4OS/c22-14-6-4-13(5-7-14)18-24-17-19(27(18)16-8-9-16)25-21(26-20(17)28)29-11-12-2-1-3-15(23)10-12/h1-7,10,16H,8-9,11H2,(H,25,26,28). The minimum Gasteiger partial charge on any atom is -0.305 e. The molecule has 4 aromatic rings. The molecular formula is C21H16ClFN4OS. The number of aromatic nitrogens is 4. The summed E-state index contributed by atoms with van der Waals surface area (Å²) in [6.45, 7) is 0. The number of halogens is 2. The van der Waals surface area contributed by atoms with Crippen LogP contribution in [0.5, 0.6) is 0 Å². The molecule has 0 spiro atoms. The molecule has 29 heavy (non-hydrogen) atoms. The summed E-state index contributed by atoms with van der Waals surface area (Å²) in [6, 6.07) is 14.1. The topological polar surface area (TPSA) is 63.6 Å². The molecule has 0 atom stereocenters. The zero-order valence-corrected chi connectivity index (χ0v) is 16.8. The van der Waals surface area contributed by atoms with Crippen molar-refractivity contribution in [3.05, 3.63) is 75.3 Å². The Labute approximate surface area is 175 Å². The number of H-pyrrole nitrogens is 1. The summed E-state index contributed by atoms with van der Waals surface area (Å²) in [4.78, 5) is 24.8. The van der Waals surface area contributed by atoms with Gasteiger partial charge in [0.25, 0.3) is 5.56 Å². The lowest BCUT2D eigenvalue weighted by Gasteiger charge is -2.08. The van der Waals surface area contributed by atoms with Crippen LogP contribution >= 0.6 is 23.4 Å². The van der Waals surface area contributed by atoms with Gasteiger partial charge in [-0.2, -0.15) is 0 Å². The minimum absolute atomic E-state index is 0.272. The van der Waals surface area contributed by atoms with Gasteiger partial charge in [0.1, 0.15) is 11.6 Å². The first kappa shape index (κ1) is 18.4. The lowest BCUT2D eigenvalue weighted by Crippen LogP contribution is -2.10. The van der Waals surface area contributed by atoms with Gasteiger partial charge in [0, 0.05) is 22.4 Å². The first-order valence-electron chi connectivity index (χ1n) is 9.24. The first-order chi connectivity index (χ1) is 14.1. The Kier molecular flexibility index (Phi) is 4.64. The highest BCUT2D eigenvalue weighted by molar-refractivity contribution is 7.98. The van der Waals surface area contributed by atoms with Gasteiger partial charge in [-0.3, -0.25) is 9.78 Å². The Bertz CT molecular complexity index is 1260. The predicted molar refractivity (Wildman–Crippen MR) is 113 cm³/mol. The first-order valence-corrected chi connectivity index (χ1v) is 10.6. The van der Waals surface area contributed by atoms with Crippen molar-refractivity contribution in [3.8, 4) is 11.4 Å². The molecule has 2 aromatic carbocycles.